The summed E-state index contributed by atoms with van der Waals surface area (Å²) in [4.78, 5) is 23.0. The molecule has 0 bridgehead atoms. The smallest absolute Gasteiger partial charge is 0.256 e. The van der Waals surface area contributed by atoms with Crippen LogP contribution in [0.4, 0.5) is 22.3 Å². The Labute approximate surface area is 219 Å². The molecule has 3 N–H and O–H groups in total. The molecular weight excluding hydrogens is 484 g/mol. The normalized spacial score (nSPS) is 10.9. The minimum absolute atomic E-state index is 0. The third-order valence-electron chi connectivity index (χ3n) is 5.79. The molecule has 6 rings (SSSR count). The standard InChI is InChI=1S/C27H22N8OS.2H2/c1-28-21-17-35(20-10-3-2-4-11-20)33-25(21)32-26(36)18-8-7-9-19(14-18)31-27-30-16-23(37-27)22-15-29-24-12-5-6-13-34(22)24;;/h2-17,28H,1H3,(H,30,31)(H,32,33,36);2*1H. The van der Waals surface area contributed by atoms with Gasteiger partial charge in [0.15, 0.2) is 10.9 Å². The van der Waals surface area contributed by atoms with E-state index in [9.17, 15) is 4.79 Å². The van der Waals surface area contributed by atoms with Gasteiger partial charge in [-0.05, 0) is 42.5 Å². The maximum absolute atomic E-state index is 13.1. The minimum Gasteiger partial charge on any atom is -0.384 e. The van der Waals surface area contributed by atoms with E-state index in [2.05, 4.69) is 31.0 Å². The number of thiazole rings is 1. The van der Waals surface area contributed by atoms with Crippen molar-refractivity contribution in [3.63, 3.8) is 0 Å². The molecule has 4 aromatic heterocycles. The Morgan fingerprint density at radius 1 is 0.973 bits per heavy atom. The van der Waals surface area contributed by atoms with Gasteiger partial charge in [0.1, 0.15) is 5.65 Å². The number of aromatic nitrogens is 5. The summed E-state index contributed by atoms with van der Waals surface area (Å²) in [5.74, 6) is 0.191. The van der Waals surface area contributed by atoms with Crippen molar-refractivity contribution < 1.29 is 7.65 Å². The van der Waals surface area contributed by atoms with E-state index in [4.69, 9.17) is 0 Å². The molecule has 10 heteroatoms. The third kappa shape index (κ3) is 4.53. The molecule has 4 heterocycles. The summed E-state index contributed by atoms with van der Waals surface area (Å²) >= 11 is 1.52. The monoisotopic (exact) mass is 510 g/mol. The number of carbonyl (C=O) groups excluding carboxylic acids is 1. The number of hydrogen-bond acceptors (Lipinski definition) is 7. The summed E-state index contributed by atoms with van der Waals surface area (Å²) in [5.41, 5.74) is 4.74. The largest absolute Gasteiger partial charge is 0.384 e. The van der Waals surface area contributed by atoms with E-state index in [1.807, 2.05) is 89.9 Å². The highest BCUT2D eigenvalue weighted by Gasteiger charge is 2.15. The van der Waals surface area contributed by atoms with Crippen molar-refractivity contribution in [3.8, 4) is 16.3 Å². The third-order valence-corrected chi connectivity index (χ3v) is 6.72. The van der Waals surface area contributed by atoms with E-state index in [1.165, 1.54) is 11.3 Å². The van der Waals surface area contributed by atoms with Crippen LogP contribution in [0.2, 0.25) is 0 Å². The fourth-order valence-corrected chi connectivity index (χ4v) is 4.81. The van der Waals surface area contributed by atoms with E-state index in [1.54, 1.807) is 23.9 Å². The number of fused-ring (bicyclic) bond motifs is 1. The van der Waals surface area contributed by atoms with Gasteiger partial charge in [-0.2, -0.15) is 0 Å². The molecule has 0 aliphatic carbocycles. The summed E-state index contributed by atoms with van der Waals surface area (Å²) in [6, 6.07) is 22.9. The first kappa shape index (κ1) is 22.5. The molecule has 186 valence electrons. The Morgan fingerprint density at radius 3 is 2.70 bits per heavy atom. The second kappa shape index (κ2) is 9.59. The molecule has 2 aromatic carbocycles. The molecule has 37 heavy (non-hydrogen) atoms. The van der Waals surface area contributed by atoms with E-state index in [0.29, 0.717) is 17.1 Å². The van der Waals surface area contributed by atoms with Crippen molar-refractivity contribution >= 4 is 45.2 Å². The lowest BCUT2D eigenvalue weighted by Gasteiger charge is -2.07. The second-order valence-corrected chi connectivity index (χ2v) is 9.21. The Morgan fingerprint density at radius 2 is 1.84 bits per heavy atom. The number of para-hydroxylation sites is 1. The number of nitrogens with one attached hydrogen (secondary N) is 3. The molecule has 0 spiro atoms. The van der Waals surface area contributed by atoms with E-state index < -0.39 is 0 Å². The van der Waals surface area contributed by atoms with Gasteiger partial charge < -0.3 is 16.0 Å². The lowest BCUT2D eigenvalue weighted by Crippen LogP contribution is -2.13. The van der Waals surface area contributed by atoms with Crippen LogP contribution in [0.15, 0.2) is 97.6 Å². The minimum atomic E-state index is -0.260. The van der Waals surface area contributed by atoms with Crippen LogP contribution < -0.4 is 16.0 Å². The van der Waals surface area contributed by atoms with Crippen molar-refractivity contribution in [2.45, 2.75) is 0 Å². The van der Waals surface area contributed by atoms with Crippen LogP contribution in [0.25, 0.3) is 21.9 Å². The summed E-state index contributed by atoms with van der Waals surface area (Å²) in [5, 5.41) is 14.6. The van der Waals surface area contributed by atoms with E-state index in [-0.39, 0.29) is 8.76 Å². The van der Waals surface area contributed by atoms with Gasteiger partial charge in [0.2, 0.25) is 0 Å². The van der Waals surface area contributed by atoms with Gasteiger partial charge in [0, 0.05) is 33.5 Å². The molecule has 9 nitrogen and oxygen atoms in total. The lowest BCUT2D eigenvalue weighted by atomic mass is 10.2. The Bertz CT molecular complexity index is 1710. The van der Waals surface area contributed by atoms with Crippen LogP contribution in [0.5, 0.6) is 0 Å². The molecule has 0 radical (unpaired) electrons. The van der Waals surface area contributed by atoms with Crippen LogP contribution in [0.3, 0.4) is 0 Å². The topological polar surface area (TPSA) is 101 Å². The molecule has 0 fully saturated rings. The van der Waals surface area contributed by atoms with Gasteiger partial charge in [0.25, 0.3) is 5.91 Å². The molecule has 0 atom stereocenters. The van der Waals surface area contributed by atoms with Crippen molar-refractivity contribution in [2.75, 3.05) is 23.0 Å². The first-order chi connectivity index (χ1) is 18.2. The summed E-state index contributed by atoms with van der Waals surface area (Å²) in [6.07, 6.45) is 7.49. The highest BCUT2D eigenvalue weighted by atomic mass is 32.1. The Kier molecular flexibility index (Phi) is 5.83. The van der Waals surface area contributed by atoms with Crippen LogP contribution >= 0.6 is 11.3 Å². The van der Waals surface area contributed by atoms with Crippen LogP contribution in [0.1, 0.15) is 13.2 Å². The number of benzene rings is 2. The Hall–Kier alpha value is -4.96. The second-order valence-electron chi connectivity index (χ2n) is 8.18. The average Bonchev–Trinajstić information content (AvgIpc) is 3.67. The number of pyridine rings is 1. The average molecular weight is 511 g/mol. The molecule has 0 saturated heterocycles. The fraction of sp³-hybridized carbons (Fsp3) is 0.0370. The first-order valence-corrected chi connectivity index (χ1v) is 12.4. The molecule has 0 aliphatic rings. The summed E-state index contributed by atoms with van der Waals surface area (Å²) in [6.45, 7) is 0. The zero-order valence-corrected chi connectivity index (χ0v) is 20.6. The highest BCUT2D eigenvalue weighted by Crippen LogP contribution is 2.31. The van der Waals surface area contributed by atoms with Gasteiger partial charge in [-0.1, -0.05) is 41.7 Å². The number of anilines is 4. The molecule has 0 unspecified atom stereocenters. The van der Waals surface area contributed by atoms with Gasteiger partial charge in [-0.3, -0.25) is 9.20 Å². The number of rotatable bonds is 7. The van der Waals surface area contributed by atoms with Crippen molar-refractivity contribution in [3.05, 3.63) is 103 Å². The molecule has 1 amide bonds. The number of hydrogen-bond donors (Lipinski definition) is 3. The number of imidazole rings is 1. The number of nitrogens with zero attached hydrogens (tertiary/aromatic N) is 5. The van der Waals surface area contributed by atoms with Crippen molar-refractivity contribution in [1.82, 2.24) is 24.1 Å². The van der Waals surface area contributed by atoms with Crippen molar-refractivity contribution in [1.29, 1.82) is 0 Å². The predicted octanol–water partition coefficient (Wildman–Crippen LogP) is 6.17. The van der Waals surface area contributed by atoms with Gasteiger partial charge in [-0.25, -0.2) is 14.6 Å². The maximum atomic E-state index is 13.1. The van der Waals surface area contributed by atoms with Gasteiger partial charge in [-0.15, -0.1) is 5.10 Å². The summed E-state index contributed by atoms with van der Waals surface area (Å²) in [7, 11) is 1.79. The van der Waals surface area contributed by atoms with Crippen LogP contribution in [0, 0.1) is 0 Å². The molecule has 0 aliphatic heterocycles. The number of amides is 1. The van der Waals surface area contributed by atoms with Gasteiger partial charge >= 0.3 is 0 Å². The molecule has 0 saturated carbocycles. The first-order valence-electron chi connectivity index (χ1n) is 11.6. The zero-order chi connectivity index (χ0) is 25.2. The van der Waals surface area contributed by atoms with Crippen LogP contribution in [-0.4, -0.2) is 37.1 Å². The van der Waals surface area contributed by atoms with Crippen LogP contribution in [-0.2, 0) is 0 Å². The maximum Gasteiger partial charge on any atom is 0.256 e. The fourth-order valence-electron chi connectivity index (χ4n) is 3.97. The molecule has 6 aromatic rings. The number of carbonyl (C=O) groups is 1. The lowest BCUT2D eigenvalue weighted by molar-refractivity contribution is 0.102. The Balaban J connectivity index is 0.00000176. The van der Waals surface area contributed by atoms with E-state index in [0.717, 1.165) is 32.7 Å². The quantitative estimate of drug-likeness (QED) is 0.237. The highest BCUT2D eigenvalue weighted by molar-refractivity contribution is 7.18. The summed E-state index contributed by atoms with van der Waals surface area (Å²) < 4.78 is 3.75. The van der Waals surface area contributed by atoms with Gasteiger partial charge in [0.05, 0.1) is 34.3 Å². The van der Waals surface area contributed by atoms with Crippen molar-refractivity contribution in [2.24, 2.45) is 0 Å². The predicted molar refractivity (Wildman–Crippen MR) is 151 cm³/mol. The van der Waals surface area contributed by atoms with E-state index >= 15 is 0 Å². The molecular formula is C27H26N8OS. The SMILES string of the molecule is CNc1cn(-c2ccccc2)nc1NC(=O)c1cccc(Nc2ncc(-c3cnc4ccccn34)s2)c1.[HH].[HH]. The zero-order valence-electron chi connectivity index (χ0n) is 19.8.